The lowest BCUT2D eigenvalue weighted by Crippen LogP contribution is -2.38. The van der Waals surface area contributed by atoms with Gasteiger partial charge in [-0.1, -0.05) is 49.7 Å². The molecule has 1 aromatic carbocycles. The molecule has 1 heterocycles. The fraction of sp³-hybridized carbons (Fsp3) is 0.471. The van der Waals surface area contributed by atoms with Gasteiger partial charge in [0.05, 0.1) is 12.6 Å². The number of benzene rings is 1. The highest BCUT2D eigenvalue weighted by molar-refractivity contribution is 6.30. The van der Waals surface area contributed by atoms with E-state index in [1.54, 1.807) is 7.05 Å². The Balaban J connectivity index is 1.93. The molecular weight excluding hydrogens is 326 g/mol. The van der Waals surface area contributed by atoms with Crippen LogP contribution in [0.1, 0.15) is 51.0 Å². The maximum Gasteiger partial charge on any atom is 0.232 e. The van der Waals surface area contributed by atoms with E-state index in [4.69, 9.17) is 16.1 Å². The molecule has 6 nitrogen and oxygen atoms in total. The molecule has 2 aromatic rings. The summed E-state index contributed by atoms with van der Waals surface area (Å²) >= 11 is 5.92. The summed E-state index contributed by atoms with van der Waals surface area (Å²) in [6, 6.07) is 7.81. The third kappa shape index (κ3) is 4.96. The maximum atomic E-state index is 5.92. The van der Waals surface area contributed by atoms with Crippen molar-refractivity contribution in [2.24, 2.45) is 4.99 Å². The summed E-state index contributed by atoms with van der Waals surface area (Å²) in [6.07, 6.45) is 0. The number of guanidine groups is 1. The van der Waals surface area contributed by atoms with E-state index in [0.717, 1.165) is 10.6 Å². The molecule has 0 saturated carbocycles. The van der Waals surface area contributed by atoms with Crippen LogP contribution in [0.4, 0.5) is 0 Å². The minimum atomic E-state index is -0.158. The first-order valence-electron chi connectivity index (χ1n) is 7.85. The number of nitrogens with zero attached hydrogens (tertiary/aromatic N) is 3. The largest absolute Gasteiger partial charge is 0.350 e. The molecule has 0 saturated heterocycles. The Morgan fingerprint density at radius 3 is 2.50 bits per heavy atom. The third-order valence-corrected chi connectivity index (χ3v) is 3.72. The number of rotatable bonds is 4. The standard InChI is InChI=1S/C17H24ClN5O/c1-11(12-6-8-13(18)9-7-12)21-16(19-5)20-10-14-22-15(24-23-14)17(2,3)4/h6-9,11H,10H2,1-5H3,(H2,19,20,21). The molecule has 0 bridgehead atoms. The summed E-state index contributed by atoms with van der Waals surface area (Å²) in [5, 5.41) is 11.2. The second-order valence-electron chi connectivity index (χ2n) is 6.61. The summed E-state index contributed by atoms with van der Waals surface area (Å²) in [5.41, 5.74) is 0.964. The minimum Gasteiger partial charge on any atom is -0.350 e. The van der Waals surface area contributed by atoms with Crippen molar-refractivity contribution >= 4 is 17.6 Å². The lowest BCUT2D eigenvalue weighted by atomic mass is 9.97. The zero-order valence-corrected chi connectivity index (χ0v) is 15.5. The van der Waals surface area contributed by atoms with E-state index in [1.807, 2.05) is 45.0 Å². The molecule has 0 aliphatic carbocycles. The van der Waals surface area contributed by atoms with E-state index in [9.17, 15) is 0 Å². The Kier molecular flexibility index (Phi) is 5.83. The van der Waals surface area contributed by atoms with E-state index in [-0.39, 0.29) is 11.5 Å². The van der Waals surface area contributed by atoms with Crippen LogP contribution in [0.2, 0.25) is 5.02 Å². The van der Waals surface area contributed by atoms with E-state index < -0.39 is 0 Å². The maximum absolute atomic E-state index is 5.92. The lowest BCUT2D eigenvalue weighted by molar-refractivity contribution is 0.318. The number of hydrogen-bond acceptors (Lipinski definition) is 4. The third-order valence-electron chi connectivity index (χ3n) is 3.47. The Labute approximate surface area is 147 Å². The van der Waals surface area contributed by atoms with E-state index in [2.05, 4.69) is 32.7 Å². The molecule has 0 amide bonds. The van der Waals surface area contributed by atoms with Gasteiger partial charge in [0, 0.05) is 17.5 Å². The van der Waals surface area contributed by atoms with Crippen molar-refractivity contribution in [1.82, 2.24) is 20.8 Å². The van der Waals surface area contributed by atoms with Gasteiger partial charge in [-0.05, 0) is 24.6 Å². The van der Waals surface area contributed by atoms with Gasteiger partial charge in [0.1, 0.15) is 0 Å². The van der Waals surface area contributed by atoms with Crippen LogP contribution in [0, 0.1) is 0 Å². The molecule has 0 aliphatic heterocycles. The zero-order chi connectivity index (χ0) is 17.7. The van der Waals surface area contributed by atoms with E-state index in [0.29, 0.717) is 24.2 Å². The lowest BCUT2D eigenvalue weighted by Gasteiger charge is -2.17. The molecule has 0 radical (unpaired) electrons. The predicted molar refractivity (Wildman–Crippen MR) is 96.2 cm³/mol. The van der Waals surface area contributed by atoms with Crippen LogP contribution in [0.15, 0.2) is 33.8 Å². The van der Waals surface area contributed by atoms with Crippen LogP contribution >= 0.6 is 11.6 Å². The summed E-state index contributed by atoms with van der Waals surface area (Å²) < 4.78 is 5.28. The van der Waals surface area contributed by atoms with Gasteiger partial charge in [0.2, 0.25) is 5.89 Å². The van der Waals surface area contributed by atoms with E-state index >= 15 is 0 Å². The van der Waals surface area contributed by atoms with Crippen LogP contribution in [0.3, 0.4) is 0 Å². The monoisotopic (exact) mass is 349 g/mol. The summed E-state index contributed by atoms with van der Waals surface area (Å²) in [4.78, 5) is 8.62. The van der Waals surface area contributed by atoms with Gasteiger partial charge in [-0.3, -0.25) is 4.99 Å². The first-order valence-corrected chi connectivity index (χ1v) is 8.23. The topological polar surface area (TPSA) is 75.3 Å². The summed E-state index contributed by atoms with van der Waals surface area (Å²) in [6.45, 7) is 8.60. The summed E-state index contributed by atoms with van der Waals surface area (Å²) in [5.74, 6) is 1.89. The molecule has 0 fully saturated rings. The van der Waals surface area contributed by atoms with Gasteiger partial charge in [-0.2, -0.15) is 4.98 Å². The number of hydrogen-bond donors (Lipinski definition) is 2. The second kappa shape index (κ2) is 7.66. The molecule has 24 heavy (non-hydrogen) atoms. The van der Waals surface area contributed by atoms with Gasteiger partial charge in [-0.25, -0.2) is 0 Å². The van der Waals surface area contributed by atoms with Gasteiger partial charge in [0.15, 0.2) is 11.8 Å². The van der Waals surface area contributed by atoms with Crippen molar-refractivity contribution in [3.05, 3.63) is 46.6 Å². The Morgan fingerprint density at radius 2 is 1.96 bits per heavy atom. The van der Waals surface area contributed by atoms with Crippen LogP contribution in [0.25, 0.3) is 0 Å². The summed E-state index contributed by atoms with van der Waals surface area (Å²) in [7, 11) is 1.72. The van der Waals surface area contributed by atoms with Gasteiger partial charge < -0.3 is 15.2 Å². The van der Waals surface area contributed by atoms with Gasteiger partial charge in [0.25, 0.3) is 0 Å². The van der Waals surface area contributed by atoms with Crippen LogP contribution in [-0.2, 0) is 12.0 Å². The first-order chi connectivity index (χ1) is 11.3. The molecule has 1 atom stereocenters. The molecule has 130 valence electrons. The highest BCUT2D eigenvalue weighted by atomic mass is 35.5. The van der Waals surface area contributed by atoms with Crippen molar-refractivity contribution in [1.29, 1.82) is 0 Å². The predicted octanol–water partition coefficient (Wildman–Crippen LogP) is 3.45. The quantitative estimate of drug-likeness (QED) is 0.653. The van der Waals surface area contributed by atoms with E-state index in [1.165, 1.54) is 0 Å². The Bertz CT molecular complexity index is 688. The highest BCUT2D eigenvalue weighted by Gasteiger charge is 2.21. The zero-order valence-electron chi connectivity index (χ0n) is 14.7. The molecule has 0 aliphatic rings. The van der Waals surface area contributed by atoms with Crippen molar-refractivity contribution in [3.8, 4) is 0 Å². The number of aromatic nitrogens is 2. The Hall–Kier alpha value is -2.08. The molecular formula is C17H24ClN5O. The number of aliphatic imine (C=N–C) groups is 1. The molecule has 1 unspecified atom stereocenters. The average Bonchev–Trinajstić information content (AvgIpc) is 3.01. The normalized spacial score (nSPS) is 13.7. The van der Waals surface area contributed by atoms with Crippen molar-refractivity contribution < 1.29 is 4.52 Å². The average molecular weight is 350 g/mol. The van der Waals surface area contributed by atoms with Gasteiger partial charge in [-0.15, -0.1) is 0 Å². The van der Waals surface area contributed by atoms with Crippen LogP contribution in [-0.4, -0.2) is 23.1 Å². The Morgan fingerprint density at radius 1 is 1.29 bits per heavy atom. The van der Waals surface area contributed by atoms with Crippen molar-refractivity contribution in [2.45, 2.75) is 45.7 Å². The number of nitrogens with one attached hydrogen (secondary N) is 2. The smallest absolute Gasteiger partial charge is 0.232 e. The van der Waals surface area contributed by atoms with Crippen molar-refractivity contribution in [2.75, 3.05) is 7.05 Å². The molecule has 7 heteroatoms. The fourth-order valence-corrected chi connectivity index (χ4v) is 2.15. The molecule has 2 rings (SSSR count). The number of halogens is 1. The fourth-order valence-electron chi connectivity index (χ4n) is 2.03. The van der Waals surface area contributed by atoms with Crippen LogP contribution < -0.4 is 10.6 Å². The highest BCUT2D eigenvalue weighted by Crippen LogP contribution is 2.19. The first kappa shape index (κ1) is 18.3. The molecule has 2 N–H and O–H groups in total. The second-order valence-corrected chi connectivity index (χ2v) is 7.05. The minimum absolute atomic E-state index is 0.0869. The molecule has 0 spiro atoms. The SMILES string of the molecule is CN=C(NCc1noc(C(C)(C)C)n1)NC(C)c1ccc(Cl)cc1. The van der Waals surface area contributed by atoms with Gasteiger partial charge >= 0.3 is 0 Å². The molecule has 1 aromatic heterocycles. The van der Waals surface area contributed by atoms with Crippen molar-refractivity contribution in [3.63, 3.8) is 0 Å². The van der Waals surface area contributed by atoms with Crippen LogP contribution in [0.5, 0.6) is 0 Å².